The van der Waals surface area contributed by atoms with Gasteiger partial charge in [0.1, 0.15) is 0 Å². The molecule has 0 fully saturated rings. The summed E-state index contributed by atoms with van der Waals surface area (Å²) in [6.07, 6.45) is 0. The summed E-state index contributed by atoms with van der Waals surface area (Å²) in [5.74, 6) is 0. The molecule has 9 rings (SSSR count). The quantitative estimate of drug-likeness (QED) is 0.182. The topological polar surface area (TPSA) is 6.48 Å². The van der Waals surface area contributed by atoms with Gasteiger partial charge in [-0.3, -0.25) is 0 Å². The van der Waals surface area contributed by atoms with E-state index in [1.54, 1.807) is 0 Å². The van der Waals surface area contributed by atoms with Gasteiger partial charge >= 0.3 is 0 Å². The lowest BCUT2D eigenvalue weighted by Crippen LogP contribution is -2.12. The lowest BCUT2D eigenvalue weighted by molar-refractivity contribution is 1.26. The van der Waals surface area contributed by atoms with E-state index in [-0.39, 0.29) is 0 Å². The van der Waals surface area contributed by atoms with Gasteiger partial charge in [0.05, 0.1) is 0 Å². The Morgan fingerprint density at radius 3 is 1.02 bits per heavy atom. The average Bonchev–Trinajstić information content (AvgIpc) is 3.68. The third kappa shape index (κ3) is 4.62. The highest BCUT2D eigenvalue weighted by atomic mass is 32.1. The third-order valence-electron chi connectivity index (χ3n) is 8.64. The largest absolute Gasteiger partial charge is 0.310 e. The number of anilines is 6. The van der Waals surface area contributed by atoms with Crippen LogP contribution >= 0.6 is 22.7 Å². The molecule has 46 heavy (non-hydrogen) atoms. The second-order valence-electron chi connectivity index (χ2n) is 11.4. The molecule has 0 N–H and O–H groups in total. The highest BCUT2D eigenvalue weighted by Crippen LogP contribution is 2.43. The number of hydrogen-bond acceptors (Lipinski definition) is 4. The molecule has 218 valence electrons. The van der Waals surface area contributed by atoms with Crippen LogP contribution in [-0.4, -0.2) is 0 Å². The molecule has 2 heterocycles. The summed E-state index contributed by atoms with van der Waals surface area (Å²) < 4.78 is 5.23. The average molecular weight is 625 g/mol. The van der Waals surface area contributed by atoms with Crippen LogP contribution in [0.2, 0.25) is 0 Å². The van der Waals surface area contributed by atoms with E-state index in [1.165, 1.54) is 40.3 Å². The van der Waals surface area contributed by atoms with Crippen molar-refractivity contribution < 1.29 is 0 Å². The van der Waals surface area contributed by atoms with Crippen LogP contribution in [0.25, 0.3) is 40.3 Å². The van der Waals surface area contributed by atoms with Gasteiger partial charge in [-0.15, -0.1) is 22.7 Å². The molecule has 0 saturated heterocycles. The van der Waals surface area contributed by atoms with E-state index in [9.17, 15) is 0 Å². The van der Waals surface area contributed by atoms with Gasteiger partial charge in [0, 0.05) is 74.5 Å². The minimum absolute atomic E-state index is 1.11. The predicted octanol–water partition coefficient (Wildman–Crippen LogP) is 13.4. The Balaban J connectivity index is 1.15. The Morgan fingerprint density at radius 1 is 0.261 bits per heavy atom. The standard InChI is InChI=1S/C42H28N2S2/c1-3-11-29(12-4-1)43(33-23-25-37-35-15-7-9-17-39(35)45-41(37)27-33)31-19-21-32(22-20-31)44(30-13-5-2-6-14-30)34-24-26-38-36-16-8-10-18-40(36)46-42(38)28-34/h1-28H. The Labute approximate surface area is 275 Å². The highest BCUT2D eigenvalue weighted by Gasteiger charge is 2.18. The van der Waals surface area contributed by atoms with E-state index < -0.39 is 0 Å². The summed E-state index contributed by atoms with van der Waals surface area (Å²) in [4.78, 5) is 4.70. The first-order valence-corrected chi connectivity index (χ1v) is 17.1. The third-order valence-corrected chi connectivity index (χ3v) is 10.9. The van der Waals surface area contributed by atoms with Crippen LogP contribution in [0.1, 0.15) is 0 Å². The van der Waals surface area contributed by atoms with Crippen molar-refractivity contribution in [3.8, 4) is 0 Å². The van der Waals surface area contributed by atoms with Gasteiger partial charge in [0.25, 0.3) is 0 Å². The second kappa shape index (κ2) is 11.2. The smallest absolute Gasteiger partial charge is 0.0476 e. The molecule has 7 aromatic carbocycles. The molecule has 0 radical (unpaired) electrons. The fourth-order valence-electron chi connectivity index (χ4n) is 6.51. The number of nitrogens with zero attached hydrogens (tertiary/aromatic N) is 2. The molecule has 9 aromatic rings. The van der Waals surface area contributed by atoms with Crippen LogP contribution in [0.4, 0.5) is 34.1 Å². The molecule has 0 aliphatic carbocycles. The van der Waals surface area contributed by atoms with Gasteiger partial charge in [-0.2, -0.15) is 0 Å². The monoisotopic (exact) mass is 624 g/mol. The van der Waals surface area contributed by atoms with Crippen LogP contribution in [0.5, 0.6) is 0 Å². The zero-order valence-electron chi connectivity index (χ0n) is 24.9. The van der Waals surface area contributed by atoms with Crippen molar-refractivity contribution in [1.29, 1.82) is 0 Å². The van der Waals surface area contributed by atoms with Crippen molar-refractivity contribution in [2.45, 2.75) is 0 Å². The molecule has 0 atom stereocenters. The zero-order chi connectivity index (χ0) is 30.5. The summed E-state index contributed by atoms with van der Waals surface area (Å²) in [6.45, 7) is 0. The predicted molar refractivity (Wildman–Crippen MR) is 202 cm³/mol. The minimum atomic E-state index is 1.11. The highest BCUT2D eigenvalue weighted by molar-refractivity contribution is 7.26. The number of benzene rings is 7. The fourth-order valence-corrected chi connectivity index (χ4v) is 8.78. The first-order chi connectivity index (χ1) is 22.8. The Bertz CT molecular complexity index is 2300. The van der Waals surface area contributed by atoms with Crippen LogP contribution in [-0.2, 0) is 0 Å². The summed E-state index contributed by atoms with van der Waals surface area (Å²) in [7, 11) is 0. The zero-order valence-corrected chi connectivity index (χ0v) is 26.5. The van der Waals surface area contributed by atoms with E-state index in [1.807, 2.05) is 22.7 Å². The van der Waals surface area contributed by atoms with E-state index in [2.05, 4.69) is 180 Å². The van der Waals surface area contributed by atoms with Crippen molar-refractivity contribution in [1.82, 2.24) is 0 Å². The normalized spacial score (nSPS) is 11.5. The van der Waals surface area contributed by atoms with Gasteiger partial charge in [-0.25, -0.2) is 0 Å². The van der Waals surface area contributed by atoms with E-state index in [4.69, 9.17) is 0 Å². The molecule has 0 spiro atoms. The SMILES string of the molecule is c1ccc(N(c2ccc(N(c3ccccc3)c3ccc4c(c3)sc3ccccc34)cc2)c2ccc3c(c2)sc2ccccc23)cc1. The summed E-state index contributed by atoms with van der Waals surface area (Å²) in [5.41, 5.74) is 6.78. The maximum atomic E-state index is 2.35. The molecule has 2 nitrogen and oxygen atoms in total. The summed E-state index contributed by atoms with van der Waals surface area (Å²) >= 11 is 3.71. The minimum Gasteiger partial charge on any atom is -0.310 e. The molecule has 0 aliphatic rings. The molecule has 0 amide bonds. The first-order valence-electron chi connectivity index (χ1n) is 15.4. The van der Waals surface area contributed by atoms with Crippen molar-refractivity contribution >= 4 is 97.1 Å². The van der Waals surface area contributed by atoms with Gasteiger partial charge in [-0.1, -0.05) is 84.9 Å². The molecule has 0 saturated carbocycles. The maximum absolute atomic E-state index is 2.35. The lowest BCUT2D eigenvalue weighted by atomic mass is 10.1. The number of fused-ring (bicyclic) bond motifs is 6. The van der Waals surface area contributed by atoms with E-state index in [0.29, 0.717) is 0 Å². The lowest BCUT2D eigenvalue weighted by Gasteiger charge is -2.28. The second-order valence-corrected chi connectivity index (χ2v) is 13.6. The van der Waals surface area contributed by atoms with Crippen LogP contribution in [0.15, 0.2) is 170 Å². The van der Waals surface area contributed by atoms with Gasteiger partial charge in [0.15, 0.2) is 0 Å². The van der Waals surface area contributed by atoms with Crippen molar-refractivity contribution in [2.75, 3.05) is 9.80 Å². The summed E-state index contributed by atoms with van der Waals surface area (Å²) in [5, 5.41) is 5.25. The van der Waals surface area contributed by atoms with Crippen LogP contribution < -0.4 is 9.80 Å². The Morgan fingerprint density at radius 2 is 0.587 bits per heavy atom. The van der Waals surface area contributed by atoms with Crippen LogP contribution in [0.3, 0.4) is 0 Å². The maximum Gasteiger partial charge on any atom is 0.0476 e. The molecular weight excluding hydrogens is 597 g/mol. The first kappa shape index (κ1) is 26.9. The van der Waals surface area contributed by atoms with E-state index in [0.717, 1.165) is 34.1 Å². The van der Waals surface area contributed by atoms with Crippen molar-refractivity contribution in [2.24, 2.45) is 0 Å². The fraction of sp³-hybridized carbons (Fsp3) is 0. The van der Waals surface area contributed by atoms with Crippen molar-refractivity contribution in [3.05, 3.63) is 170 Å². The molecule has 2 aromatic heterocycles. The van der Waals surface area contributed by atoms with Gasteiger partial charge in [-0.05, 0) is 84.9 Å². The van der Waals surface area contributed by atoms with Crippen molar-refractivity contribution in [3.63, 3.8) is 0 Å². The molecule has 4 heteroatoms. The van der Waals surface area contributed by atoms with Gasteiger partial charge < -0.3 is 9.80 Å². The number of para-hydroxylation sites is 2. The molecule has 0 unspecified atom stereocenters. The molecule has 0 aliphatic heterocycles. The number of rotatable bonds is 6. The van der Waals surface area contributed by atoms with Crippen LogP contribution in [0, 0.1) is 0 Å². The van der Waals surface area contributed by atoms with Gasteiger partial charge in [0.2, 0.25) is 0 Å². The Kier molecular flexibility index (Phi) is 6.55. The number of thiophene rings is 2. The number of hydrogen-bond donors (Lipinski definition) is 0. The Hall–Kier alpha value is -5.42. The summed E-state index contributed by atoms with van der Waals surface area (Å²) in [6, 6.07) is 61.3. The molecular formula is C42H28N2S2. The van der Waals surface area contributed by atoms with E-state index >= 15 is 0 Å². The molecule has 0 bridgehead atoms.